The number of nitro benzene ring substituents is 1. The van der Waals surface area contributed by atoms with Gasteiger partial charge in [-0.3, -0.25) is 10.1 Å². The Morgan fingerprint density at radius 2 is 1.72 bits per heavy atom. The Balaban J connectivity index is 2.05. The Bertz CT molecular complexity index is 1070. The number of non-ortho nitro benzene ring substituents is 1. The van der Waals surface area contributed by atoms with Gasteiger partial charge < -0.3 is 4.98 Å². The molecule has 0 aliphatic rings. The van der Waals surface area contributed by atoms with Gasteiger partial charge >= 0.3 is 5.51 Å². The number of fused-ring (bicyclic) bond motifs is 1. The molecule has 2 aromatic carbocycles. The van der Waals surface area contributed by atoms with E-state index in [4.69, 9.17) is 0 Å². The van der Waals surface area contributed by atoms with Crippen LogP contribution in [-0.4, -0.2) is 28.8 Å². The highest BCUT2D eigenvalue weighted by molar-refractivity contribution is 7.92. The molecule has 3 rings (SSSR count). The summed E-state index contributed by atoms with van der Waals surface area (Å²) in [5, 5.41) is 10.6. The van der Waals surface area contributed by atoms with E-state index >= 15 is 0 Å². The van der Waals surface area contributed by atoms with E-state index in [9.17, 15) is 31.7 Å². The maximum absolute atomic E-state index is 12.6. The summed E-state index contributed by atoms with van der Waals surface area (Å²) in [7, 11) is -5.46. The van der Waals surface area contributed by atoms with Crippen molar-refractivity contribution in [3.63, 3.8) is 0 Å². The van der Waals surface area contributed by atoms with Gasteiger partial charge in [-0.25, -0.2) is 13.4 Å². The van der Waals surface area contributed by atoms with Gasteiger partial charge in [0, 0.05) is 17.7 Å². The van der Waals surface area contributed by atoms with Crippen LogP contribution in [-0.2, 0) is 9.84 Å². The highest BCUT2D eigenvalue weighted by Gasteiger charge is 2.46. The van der Waals surface area contributed by atoms with Crippen LogP contribution in [0.2, 0.25) is 0 Å². The average molecular weight is 371 g/mol. The van der Waals surface area contributed by atoms with Crippen LogP contribution >= 0.6 is 0 Å². The molecule has 0 saturated heterocycles. The number of sulfone groups is 1. The standard InChI is InChI=1S/C14H8F3N3O4S/c15-14(16,17)25(23,24)10-5-6-11-12(7-10)19-13(18-11)8-1-3-9(4-2-8)20(21)22/h1-7H,(H,18,19). The molecule has 0 radical (unpaired) electrons. The number of imidazole rings is 1. The number of nitrogens with one attached hydrogen (secondary N) is 1. The Morgan fingerprint density at radius 3 is 2.28 bits per heavy atom. The fourth-order valence-electron chi connectivity index (χ4n) is 2.17. The van der Waals surface area contributed by atoms with Crippen molar-refractivity contribution in [2.75, 3.05) is 0 Å². The van der Waals surface area contributed by atoms with Crippen LogP contribution in [0.1, 0.15) is 0 Å². The lowest BCUT2D eigenvalue weighted by Crippen LogP contribution is -2.23. The minimum absolute atomic E-state index is 0.0960. The third-order valence-electron chi connectivity index (χ3n) is 3.42. The van der Waals surface area contributed by atoms with Gasteiger partial charge in [-0.2, -0.15) is 13.2 Å². The molecule has 11 heteroatoms. The van der Waals surface area contributed by atoms with Gasteiger partial charge in [0.05, 0.1) is 20.9 Å². The first kappa shape index (κ1) is 16.9. The summed E-state index contributed by atoms with van der Waals surface area (Å²) in [6, 6.07) is 8.17. The van der Waals surface area contributed by atoms with E-state index < -0.39 is 25.2 Å². The van der Waals surface area contributed by atoms with E-state index in [0.29, 0.717) is 5.56 Å². The first-order valence-corrected chi connectivity index (χ1v) is 8.14. The van der Waals surface area contributed by atoms with Crippen LogP contribution in [0.5, 0.6) is 0 Å². The van der Waals surface area contributed by atoms with Crippen LogP contribution < -0.4 is 0 Å². The minimum atomic E-state index is -5.46. The number of halogens is 3. The number of alkyl halides is 3. The Morgan fingerprint density at radius 1 is 1.08 bits per heavy atom. The van der Waals surface area contributed by atoms with Crippen molar-refractivity contribution < 1.29 is 26.5 Å². The molecule has 0 unspecified atom stereocenters. The molecule has 1 heterocycles. The molecule has 0 spiro atoms. The molecule has 0 amide bonds. The van der Waals surface area contributed by atoms with Crippen LogP contribution in [0.25, 0.3) is 22.4 Å². The summed E-state index contributed by atoms with van der Waals surface area (Å²) in [5.41, 5.74) is -4.71. The normalized spacial score (nSPS) is 12.4. The van der Waals surface area contributed by atoms with E-state index in [1.165, 1.54) is 24.3 Å². The Labute approximate surface area is 138 Å². The maximum Gasteiger partial charge on any atom is 0.501 e. The summed E-state index contributed by atoms with van der Waals surface area (Å²) < 4.78 is 60.8. The van der Waals surface area contributed by atoms with Crippen LogP contribution in [0.15, 0.2) is 47.4 Å². The number of nitro groups is 1. The molecule has 1 N–H and O–H groups in total. The topological polar surface area (TPSA) is 106 Å². The molecule has 1 aromatic heterocycles. The predicted molar refractivity (Wildman–Crippen MR) is 81.4 cm³/mol. The van der Waals surface area contributed by atoms with Crippen molar-refractivity contribution in [3.8, 4) is 11.4 Å². The number of rotatable bonds is 3. The summed E-state index contributed by atoms with van der Waals surface area (Å²) in [6.07, 6.45) is 0. The van der Waals surface area contributed by atoms with Gasteiger partial charge in [-0.15, -0.1) is 0 Å². The third kappa shape index (κ3) is 2.93. The van der Waals surface area contributed by atoms with Crippen molar-refractivity contribution in [2.45, 2.75) is 10.4 Å². The molecular weight excluding hydrogens is 363 g/mol. The fraction of sp³-hybridized carbons (Fsp3) is 0.0714. The minimum Gasteiger partial charge on any atom is -0.338 e. The lowest BCUT2D eigenvalue weighted by Gasteiger charge is -2.07. The molecule has 0 bridgehead atoms. The molecule has 0 fully saturated rings. The zero-order valence-electron chi connectivity index (χ0n) is 12.1. The van der Waals surface area contributed by atoms with Gasteiger partial charge in [-0.05, 0) is 30.3 Å². The van der Waals surface area contributed by atoms with Crippen LogP contribution in [0.3, 0.4) is 0 Å². The number of H-pyrrole nitrogens is 1. The average Bonchev–Trinajstić information content (AvgIpc) is 2.97. The smallest absolute Gasteiger partial charge is 0.338 e. The molecule has 130 valence electrons. The summed E-state index contributed by atoms with van der Waals surface area (Å²) in [5.74, 6) is 0.242. The molecule has 0 aliphatic heterocycles. The second-order valence-electron chi connectivity index (χ2n) is 5.02. The second-order valence-corrected chi connectivity index (χ2v) is 6.96. The molecular formula is C14H8F3N3O4S. The van der Waals surface area contributed by atoms with Gasteiger partial charge in [0.25, 0.3) is 15.5 Å². The number of nitrogens with zero attached hydrogens (tertiary/aromatic N) is 2. The number of aromatic amines is 1. The van der Waals surface area contributed by atoms with Crippen molar-refractivity contribution in [1.82, 2.24) is 9.97 Å². The Hall–Kier alpha value is -2.95. The summed E-state index contributed by atoms with van der Waals surface area (Å²) in [6.45, 7) is 0. The second kappa shape index (κ2) is 5.55. The highest BCUT2D eigenvalue weighted by Crippen LogP contribution is 2.32. The first-order chi connectivity index (χ1) is 11.6. The zero-order chi connectivity index (χ0) is 18.4. The molecule has 25 heavy (non-hydrogen) atoms. The predicted octanol–water partition coefficient (Wildman–Crippen LogP) is 3.43. The number of aromatic nitrogens is 2. The first-order valence-electron chi connectivity index (χ1n) is 6.65. The lowest BCUT2D eigenvalue weighted by atomic mass is 10.2. The van der Waals surface area contributed by atoms with E-state index in [1.54, 1.807) is 0 Å². The van der Waals surface area contributed by atoms with E-state index in [-0.39, 0.29) is 22.5 Å². The SMILES string of the molecule is O=[N+]([O-])c1ccc(-c2nc3ccc(S(=O)(=O)C(F)(F)F)cc3[nH]2)cc1. The maximum atomic E-state index is 12.6. The lowest BCUT2D eigenvalue weighted by molar-refractivity contribution is -0.384. The van der Waals surface area contributed by atoms with Gasteiger partial charge in [0.1, 0.15) is 5.82 Å². The summed E-state index contributed by atoms with van der Waals surface area (Å²) in [4.78, 5) is 16.0. The van der Waals surface area contributed by atoms with Crippen LogP contribution in [0.4, 0.5) is 18.9 Å². The number of benzene rings is 2. The van der Waals surface area contributed by atoms with E-state index in [0.717, 1.165) is 18.2 Å². The highest BCUT2D eigenvalue weighted by atomic mass is 32.2. The quantitative estimate of drug-likeness (QED) is 0.561. The molecule has 0 saturated carbocycles. The molecule has 7 nitrogen and oxygen atoms in total. The number of hydrogen-bond donors (Lipinski definition) is 1. The van der Waals surface area contributed by atoms with Crippen molar-refractivity contribution in [1.29, 1.82) is 0 Å². The van der Waals surface area contributed by atoms with Crippen LogP contribution in [0, 0.1) is 10.1 Å². The third-order valence-corrected chi connectivity index (χ3v) is 4.90. The van der Waals surface area contributed by atoms with Gasteiger partial charge in [-0.1, -0.05) is 0 Å². The monoisotopic (exact) mass is 371 g/mol. The molecule has 3 aromatic rings. The molecule has 0 atom stereocenters. The molecule has 0 aliphatic carbocycles. The van der Waals surface area contributed by atoms with E-state index in [1.807, 2.05) is 0 Å². The van der Waals surface area contributed by atoms with Crippen molar-refractivity contribution >= 4 is 26.6 Å². The van der Waals surface area contributed by atoms with E-state index in [2.05, 4.69) is 9.97 Å². The van der Waals surface area contributed by atoms with Gasteiger partial charge in [0.2, 0.25) is 0 Å². The largest absolute Gasteiger partial charge is 0.501 e. The number of hydrogen-bond acceptors (Lipinski definition) is 5. The fourth-order valence-corrected chi connectivity index (χ4v) is 2.95. The van der Waals surface area contributed by atoms with Crippen molar-refractivity contribution in [2.24, 2.45) is 0 Å². The zero-order valence-corrected chi connectivity index (χ0v) is 12.9. The van der Waals surface area contributed by atoms with Gasteiger partial charge in [0.15, 0.2) is 0 Å². The summed E-state index contributed by atoms with van der Waals surface area (Å²) >= 11 is 0. The Kier molecular flexibility index (Phi) is 3.75. The van der Waals surface area contributed by atoms with Crippen molar-refractivity contribution in [3.05, 3.63) is 52.6 Å².